The second-order valence-corrected chi connectivity index (χ2v) is 9.02. The molecule has 0 radical (unpaired) electrons. The Morgan fingerprint density at radius 3 is 2.72 bits per heavy atom. The predicted octanol–water partition coefficient (Wildman–Crippen LogP) is 4.00. The second-order valence-electron chi connectivity index (χ2n) is 7.13. The van der Waals surface area contributed by atoms with Crippen molar-refractivity contribution in [2.24, 2.45) is 0 Å². The first-order valence-electron chi connectivity index (χ1n) is 9.76. The molecule has 0 saturated carbocycles. The summed E-state index contributed by atoms with van der Waals surface area (Å²) in [5, 5.41) is 8.21. The quantitative estimate of drug-likeness (QED) is 0.625. The van der Waals surface area contributed by atoms with Crippen molar-refractivity contribution >= 4 is 10.0 Å². The third-order valence-electron chi connectivity index (χ3n) is 5.24. The second kappa shape index (κ2) is 8.08. The number of aryl methyl sites for hydroxylation is 1. The lowest BCUT2D eigenvalue weighted by atomic mass is 10.1. The fourth-order valence-corrected chi connectivity index (χ4v) is 5.26. The molecule has 0 unspecified atom stereocenters. The number of benzene rings is 1. The number of sulfonamides is 1. The molecule has 0 spiro atoms. The zero-order valence-corrected chi connectivity index (χ0v) is 17.0. The summed E-state index contributed by atoms with van der Waals surface area (Å²) in [6.45, 7) is 2.92. The van der Waals surface area contributed by atoms with Gasteiger partial charge < -0.3 is 4.52 Å². The monoisotopic (exact) mass is 418 g/mol. The van der Waals surface area contributed by atoms with Gasteiger partial charge in [0.1, 0.15) is 16.4 Å². The molecular weight excluding hydrogens is 395 g/mol. The molecule has 3 aromatic rings. The van der Waals surface area contributed by atoms with Crippen molar-refractivity contribution in [1.82, 2.24) is 19.2 Å². The number of nitrogens with zero attached hydrogens (tertiary/aromatic N) is 4. The molecule has 7 nitrogen and oxygen atoms in total. The van der Waals surface area contributed by atoms with Crippen molar-refractivity contribution in [2.75, 3.05) is 6.54 Å². The van der Waals surface area contributed by atoms with Crippen molar-refractivity contribution in [3.05, 3.63) is 54.3 Å². The van der Waals surface area contributed by atoms with E-state index >= 15 is 0 Å². The van der Waals surface area contributed by atoms with Gasteiger partial charge in [0.2, 0.25) is 10.0 Å². The molecular formula is C20H23FN4O3S. The van der Waals surface area contributed by atoms with Gasteiger partial charge in [-0.05, 0) is 44.0 Å². The molecule has 9 heteroatoms. The first kappa shape index (κ1) is 19.8. The number of hydrogen-bond acceptors (Lipinski definition) is 5. The number of hydrogen-bond donors (Lipinski definition) is 0. The van der Waals surface area contributed by atoms with E-state index in [0.717, 1.165) is 19.3 Å². The molecule has 2 aromatic heterocycles. The van der Waals surface area contributed by atoms with E-state index < -0.39 is 16.1 Å². The smallest absolute Gasteiger partial charge is 0.246 e. The maximum absolute atomic E-state index is 13.3. The summed E-state index contributed by atoms with van der Waals surface area (Å²) in [5.41, 5.74) is 1.27. The van der Waals surface area contributed by atoms with E-state index in [9.17, 15) is 12.8 Å². The average Bonchev–Trinajstić information content (AvgIpc) is 3.33. The lowest BCUT2D eigenvalue weighted by Crippen LogP contribution is -2.34. The fourth-order valence-electron chi connectivity index (χ4n) is 3.64. The molecule has 1 aliphatic heterocycles. The SMILES string of the molecule is CCn1cc(S(=O)(=O)N2CCCCC[C@H]2c2cc(-c3ccc(F)cc3)no2)cn1. The Bertz CT molecular complexity index is 1080. The summed E-state index contributed by atoms with van der Waals surface area (Å²) in [7, 11) is -3.72. The summed E-state index contributed by atoms with van der Waals surface area (Å²) in [6, 6.07) is 7.28. The van der Waals surface area contributed by atoms with Gasteiger partial charge in [0.15, 0.2) is 5.76 Å². The lowest BCUT2D eigenvalue weighted by molar-refractivity contribution is 0.259. The van der Waals surface area contributed by atoms with Gasteiger partial charge in [-0.2, -0.15) is 9.40 Å². The highest BCUT2D eigenvalue weighted by Gasteiger charge is 2.36. The van der Waals surface area contributed by atoms with Crippen molar-refractivity contribution in [2.45, 2.75) is 50.1 Å². The third-order valence-corrected chi connectivity index (χ3v) is 7.10. The van der Waals surface area contributed by atoms with Gasteiger partial charge in [-0.1, -0.05) is 18.0 Å². The van der Waals surface area contributed by atoms with Crippen LogP contribution < -0.4 is 0 Å². The highest BCUT2D eigenvalue weighted by molar-refractivity contribution is 7.89. The van der Waals surface area contributed by atoms with Gasteiger partial charge >= 0.3 is 0 Å². The van der Waals surface area contributed by atoms with Crippen LogP contribution in [0.5, 0.6) is 0 Å². The first-order chi connectivity index (χ1) is 14.0. The van der Waals surface area contributed by atoms with Gasteiger partial charge in [0.05, 0.1) is 12.2 Å². The molecule has 1 fully saturated rings. The Labute approximate surface area is 169 Å². The van der Waals surface area contributed by atoms with Crippen LogP contribution in [-0.2, 0) is 16.6 Å². The summed E-state index contributed by atoms with van der Waals surface area (Å²) < 4.78 is 48.5. The lowest BCUT2D eigenvalue weighted by Gasteiger charge is -2.26. The van der Waals surface area contributed by atoms with Crippen molar-refractivity contribution in [1.29, 1.82) is 0 Å². The highest BCUT2D eigenvalue weighted by atomic mass is 32.2. The van der Waals surface area contributed by atoms with E-state index in [4.69, 9.17) is 4.52 Å². The molecule has 0 aliphatic carbocycles. The van der Waals surface area contributed by atoms with Crippen LogP contribution in [0.4, 0.5) is 4.39 Å². The normalized spacial score (nSPS) is 18.6. The third kappa shape index (κ3) is 3.97. The molecule has 4 rings (SSSR count). The van der Waals surface area contributed by atoms with Crippen molar-refractivity contribution in [3.63, 3.8) is 0 Å². The van der Waals surface area contributed by atoms with E-state index in [-0.39, 0.29) is 10.7 Å². The summed E-state index contributed by atoms with van der Waals surface area (Å²) in [4.78, 5) is 0.185. The summed E-state index contributed by atoms with van der Waals surface area (Å²) in [5.74, 6) is 0.170. The van der Waals surface area contributed by atoms with Crippen LogP contribution in [0.15, 0.2) is 52.1 Å². The van der Waals surface area contributed by atoms with Crippen LogP contribution in [0.2, 0.25) is 0 Å². The first-order valence-corrected chi connectivity index (χ1v) is 11.2. The van der Waals surface area contributed by atoms with Crippen LogP contribution >= 0.6 is 0 Å². The average molecular weight is 418 g/mol. The van der Waals surface area contributed by atoms with Crippen LogP contribution in [-0.4, -0.2) is 34.2 Å². The van der Waals surface area contributed by atoms with E-state index in [1.54, 1.807) is 29.1 Å². The minimum atomic E-state index is -3.72. The molecule has 0 amide bonds. The molecule has 29 heavy (non-hydrogen) atoms. The van der Waals surface area contributed by atoms with E-state index in [0.29, 0.717) is 36.5 Å². The Morgan fingerprint density at radius 2 is 2.00 bits per heavy atom. The number of halogens is 1. The Balaban J connectivity index is 1.68. The van der Waals surface area contributed by atoms with Crippen molar-refractivity contribution < 1.29 is 17.3 Å². The van der Waals surface area contributed by atoms with Crippen LogP contribution in [0.25, 0.3) is 11.3 Å². The van der Waals surface area contributed by atoms with Gasteiger partial charge in [0, 0.05) is 30.9 Å². The molecule has 1 aromatic carbocycles. The Kier molecular flexibility index (Phi) is 5.51. The van der Waals surface area contributed by atoms with Gasteiger partial charge in [0.25, 0.3) is 0 Å². The molecule has 1 aliphatic rings. The number of aromatic nitrogens is 3. The number of rotatable bonds is 5. The molecule has 0 bridgehead atoms. The minimum absolute atomic E-state index is 0.185. The molecule has 1 saturated heterocycles. The Hall–Kier alpha value is -2.52. The maximum atomic E-state index is 13.3. The fraction of sp³-hybridized carbons (Fsp3) is 0.400. The molecule has 0 N–H and O–H groups in total. The van der Waals surface area contributed by atoms with E-state index in [1.165, 1.54) is 22.6 Å². The maximum Gasteiger partial charge on any atom is 0.246 e. The largest absolute Gasteiger partial charge is 0.359 e. The highest BCUT2D eigenvalue weighted by Crippen LogP contribution is 2.36. The van der Waals surface area contributed by atoms with E-state index in [2.05, 4.69) is 10.3 Å². The predicted molar refractivity (Wildman–Crippen MR) is 105 cm³/mol. The molecule has 1 atom stereocenters. The summed E-state index contributed by atoms with van der Waals surface area (Å²) in [6.07, 6.45) is 6.25. The topological polar surface area (TPSA) is 81.2 Å². The molecule has 3 heterocycles. The van der Waals surface area contributed by atoms with Gasteiger partial charge in [-0.15, -0.1) is 0 Å². The van der Waals surface area contributed by atoms with Crippen LogP contribution in [0.3, 0.4) is 0 Å². The Morgan fingerprint density at radius 1 is 1.21 bits per heavy atom. The van der Waals surface area contributed by atoms with Gasteiger partial charge in [-0.25, -0.2) is 12.8 Å². The van der Waals surface area contributed by atoms with Crippen LogP contribution in [0.1, 0.15) is 44.4 Å². The zero-order chi connectivity index (χ0) is 20.4. The minimum Gasteiger partial charge on any atom is -0.359 e. The van der Waals surface area contributed by atoms with Crippen LogP contribution in [0, 0.1) is 5.82 Å². The van der Waals surface area contributed by atoms with E-state index in [1.807, 2.05) is 6.92 Å². The summed E-state index contributed by atoms with van der Waals surface area (Å²) >= 11 is 0. The zero-order valence-electron chi connectivity index (χ0n) is 16.2. The van der Waals surface area contributed by atoms with Gasteiger partial charge in [-0.3, -0.25) is 4.68 Å². The standard InChI is InChI=1S/C20H23FN4O3S/c1-2-24-14-17(13-22-24)29(26,27)25-11-5-3-4-6-19(25)20-12-18(23-28-20)15-7-9-16(21)10-8-15/h7-10,12-14,19H,2-6,11H2,1H3/t19-/m0/s1. The molecule has 154 valence electrons. The van der Waals surface area contributed by atoms with Crippen molar-refractivity contribution in [3.8, 4) is 11.3 Å².